The van der Waals surface area contributed by atoms with Gasteiger partial charge in [-0.2, -0.15) is 0 Å². The van der Waals surface area contributed by atoms with Crippen LogP contribution in [-0.4, -0.2) is 0 Å². The molecule has 0 N–H and O–H groups in total. The van der Waals surface area contributed by atoms with E-state index < -0.39 is 0 Å². The van der Waals surface area contributed by atoms with E-state index in [0.29, 0.717) is 10.8 Å². The van der Waals surface area contributed by atoms with Crippen molar-refractivity contribution < 1.29 is 0 Å². The molecule has 0 aromatic heterocycles. The van der Waals surface area contributed by atoms with Gasteiger partial charge in [-0.1, -0.05) is 243 Å². The molecule has 0 aromatic rings. The van der Waals surface area contributed by atoms with Crippen LogP contribution in [0, 0.1) is 75.4 Å². The maximum Gasteiger partial charge on any atom is -0.0292 e. The first-order valence-electron chi connectivity index (χ1n) is 28.3. The maximum absolute atomic E-state index is 2.42. The van der Waals surface area contributed by atoms with E-state index in [0.717, 1.165) is 40.9 Å². The molecule has 0 aliphatic heterocycles. The smallest absolute Gasteiger partial charge is 0.0292 e. The van der Waals surface area contributed by atoms with Crippen molar-refractivity contribution in [1.82, 2.24) is 0 Å². The molecule has 6 bridgehead atoms. The summed E-state index contributed by atoms with van der Waals surface area (Å²) in [5.74, 6) is 11.4. The van der Waals surface area contributed by atoms with Gasteiger partial charge in [-0.3, -0.25) is 0 Å². The lowest BCUT2D eigenvalue weighted by molar-refractivity contribution is -0.0545. The molecule has 0 radical (unpaired) electrons. The molecule has 60 heavy (non-hydrogen) atoms. The normalized spacial score (nSPS) is 31.2. The van der Waals surface area contributed by atoms with E-state index >= 15 is 0 Å². The molecule has 9 rings (SSSR count). The summed E-state index contributed by atoms with van der Waals surface area (Å²) in [6.45, 7) is 50.9. The zero-order valence-corrected chi connectivity index (χ0v) is 47.5. The molecule has 0 spiro atoms. The predicted octanol–water partition coefficient (Wildman–Crippen LogP) is 22.5. The van der Waals surface area contributed by atoms with Crippen LogP contribution in [0.25, 0.3) is 0 Å². The fraction of sp³-hybridized carbons (Fsp3) is 1.00. The lowest BCUT2D eigenvalue weighted by atomic mass is 9.49. The van der Waals surface area contributed by atoms with Crippen LogP contribution in [0.1, 0.15) is 314 Å². The summed E-state index contributed by atoms with van der Waals surface area (Å²) in [6, 6.07) is 0. The van der Waals surface area contributed by atoms with Crippen LogP contribution in [0.15, 0.2) is 0 Å². The first-order valence-corrected chi connectivity index (χ1v) is 28.3. The Bertz CT molecular complexity index is 742. The van der Waals surface area contributed by atoms with Gasteiger partial charge in [0.25, 0.3) is 0 Å². The maximum atomic E-state index is 2.42. The summed E-state index contributed by atoms with van der Waals surface area (Å²) in [7, 11) is 0. The van der Waals surface area contributed by atoms with Crippen molar-refractivity contribution in [2.75, 3.05) is 0 Å². The Morgan fingerprint density at radius 1 is 0.383 bits per heavy atom. The molecule has 4 unspecified atom stereocenters. The number of fused-ring (bicyclic) bond motifs is 6. The topological polar surface area (TPSA) is 0 Å². The van der Waals surface area contributed by atoms with Crippen LogP contribution in [0.3, 0.4) is 0 Å². The fourth-order valence-corrected chi connectivity index (χ4v) is 11.6. The molecule has 9 saturated carbocycles. The molecule has 9 fully saturated rings. The van der Waals surface area contributed by atoms with Crippen molar-refractivity contribution in [3.63, 3.8) is 0 Å². The summed E-state index contributed by atoms with van der Waals surface area (Å²) in [5, 5.41) is 0. The first-order chi connectivity index (χ1) is 28.3. The van der Waals surface area contributed by atoms with E-state index in [1.807, 2.05) is 55.4 Å². The molecular formula is C60H128. The average Bonchev–Trinajstić information content (AvgIpc) is 3.95. The van der Waals surface area contributed by atoms with Crippen molar-refractivity contribution in [2.45, 2.75) is 314 Å². The molecule has 0 amide bonds. The molecule has 0 heterocycles. The summed E-state index contributed by atoms with van der Waals surface area (Å²) in [6.07, 6.45) is 35.4. The van der Waals surface area contributed by atoms with Crippen LogP contribution < -0.4 is 0 Å². The lowest BCUT2D eigenvalue weighted by Gasteiger charge is -2.56. The average molecular weight is 850 g/mol. The van der Waals surface area contributed by atoms with Crippen LogP contribution >= 0.6 is 0 Å². The lowest BCUT2D eigenvalue weighted by Crippen LogP contribution is -2.45. The largest absolute Gasteiger partial charge is 0.0683 e. The Morgan fingerprint density at radius 3 is 0.833 bits per heavy atom. The van der Waals surface area contributed by atoms with E-state index in [1.165, 1.54) is 68.6 Å². The summed E-state index contributed by atoms with van der Waals surface area (Å²) in [4.78, 5) is 0. The van der Waals surface area contributed by atoms with Gasteiger partial charge in [0, 0.05) is 0 Å². The highest BCUT2D eigenvalue weighted by atomic mass is 14.6. The van der Waals surface area contributed by atoms with E-state index in [1.54, 1.807) is 103 Å². The summed E-state index contributed by atoms with van der Waals surface area (Å²) < 4.78 is 0. The number of hydrogen-bond acceptors (Lipinski definition) is 0. The minimum absolute atomic E-state index is 0.500. The highest BCUT2D eigenvalue weighted by Crippen LogP contribution is 2.61. The summed E-state index contributed by atoms with van der Waals surface area (Å²) >= 11 is 0. The quantitative estimate of drug-likeness (QED) is 0.247. The van der Waals surface area contributed by atoms with E-state index in [2.05, 4.69) is 111 Å². The molecule has 4 atom stereocenters. The Balaban J connectivity index is -0.000000305. The second-order valence-corrected chi connectivity index (χ2v) is 23.6. The third kappa shape index (κ3) is 33.5. The minimum Gasteiger partial charge on any atom is -0.0683 e. The fourth-order valence-electron chi connectivity index (χ4n) is 11.6. The van der Waals surface area contributed by atoms with Gasteiger partial charge in [-0.15, -0.1) is 0 Å². The van der Waals surface area contributed by atoms with Gasteiger partial charge in [0.1, 0.15) is 0 Å². The highest BCUT2D eigenvalue weighted by molar-refractivity contribution is 5.01. The van der Waals surface area contributed by atoms with Crippen molar-refractivity contribution in [2.24, 2.45) is 75.4 Å². The molecule has 9 aliphatic carbocycles. The van der Waals surface area contributed by atoms with Gasteiger partial charge in [-0.05, 0) is 146 Å². The molecule has 0 heteroatoms. The molecule has 368 valence electrons. The summed E-state index contributed by atoms with van der Waals surface area (Å²) in [5.41, 5.74) is 1.84. The second kappa shape index (κ2) is 39.4. The molecule has 0 aromatic carbocycles. The van der Waals surface area contributed by atoms with Crippen LogP contribution in [0.5, 0.6) is 0 Å². The standard InChI is InChI=1S/C12H20.C10H16.C10H18.2C5H12.C4H10.2C3H8.4C2H6/c1-2-12-6-9-3-10(7-12)5-11(4-9)8-12;1-2-9-7-4-5-8(6-7)10(9)3-1;1-2-6-10-8-4-3-7-9(10)5-1;2*1-5(2,3)4;1-4(2)3;2*1-3-2;4*1-2/h9-11H,2-8H2,1H3;7-10H,1-6H2;9-10H,1-8H2;2*1-4H3;4H,1-3H3;2*3H2,1-2H3;4*1-2H3. The molecule has 9 aliphatic rings. The van der Waals surface area contributed by atoms with Crippen molar-refractivity contribution in [3.05, 3.63) is 0 Å². The third-order valence-electron chi connectivity index (χ3n) is 12.7. The molecule has 0 saturated heterocycles. The van der Waals surface area contributed by atoms with Gasteiger partial charge >= 0.3 is 0 Å². The zero-order valence-electron chi connectivity index (χ0n) is 47.5. The van der Waals surface area contributed by atoms with Crippen molar-refractivity contribution in [1.29, 1.82) is 0 Å². The van der Waals surface area contributed by atoms with Crippen LogP contribution in [-0.2, 0) is 0 Å². The number of hydrogen-bond donors (Lipinski definition) is 0. The second-order valence-electron chi connectivity index (χ2n) is 23.6. The SMILES string of the molecule is C1CC2C3CCC(C3)C2C1.C1CCC2CCCCC2C1.CC.CC.CC.CC.CC(C)(C)C.CC(C)(C)C.CC(C)C.CCC.CCC.CCC12CC3CC(CC(C3)C1)C2. The van der Waals surface area contributed by atoms with E-state index in [-0.39, 0.29) is 0 Å². The Morgan fingerprint density at radius 2 is 0.617 bits per heavy atom. The Hall–Kier alpha value is 0. The monoisotopic (exact) mass is 849 g/mol. The van der Waals surface area contributed by atoms with Crippen molar-refractivity contribution >= 4 is 0 Å². The molecule has 0 nitrogen and oxygen atoms in total. The Labute approximate surface area is 387 Å². The predicted molar refractivity (Wildman–Crippen MR) is 285 cm³/mol. The van der Waals surface area contributed by atoms with E-state index in [4.69, 9.17) is 0 Å². The van der Waals surface area contributed by atoms with E-state index in [9.17, 15) is 0 Å². The van der Waals surface area contributed by atoms with Crippen LogP contribution in [0.2, 0.25) is 0 Å². The van der Waals surface area contributed by atoms with Gasteiger partial charge in [-0.25, -0.2) is 0 Å². The van der Waals surface area contributed by atoms with Gasteiger partial charge in [0.05, 0.1) is 0 Å². The van der Waals surface area contributed by atoms with Crippen LogP contribution in [0.4, 0.5) is 0 Å². The highest BCUT2D eigenvalue weighted by Gasteiger charge is 2.50. The molecular weight excluding hydrogens is 721 g/mol. The Kier molecular flexibility index (Phi) is 43.7. The van der Waals surface area contributed by atoms with Crippen molar-refractivity contribution in [3.8, 4) is 0 Å². The minimum atomic E-state index is 0.500. The third-order valence-corrected chi connectivity index (χ3v) is 12.7. The van der Waals surface area contributed by atoms with Gasteiger partial charge < -0.3 is 0 Å². The van der Waals surface area contributed by atoms with Gasteiger partial charge in [0.15, 0.2) is 0 Å². The first kappa shape index (κ1) is 66.6. The zero-order chi connectivity index (χ0) is 47.5. The number of rotatable bonds is 1. The van der Waals surface area contributed by atoms with Gasteiger partial charge in [0.2, 0.25) is 0 Å².